The molecule has 0 aromatic heterocycles. The fourth-order valence-corrected chi connectivity index (χ4v) is 2.88. The number of nitrogens with zero attached hydrogens (tertiary/aromatic N) is 1. The number of amides is 2. The highest BCUT2D eigenvalue weighted by Crippen LogP contribution is 2.29. The molecule has 0 saturated heterocycles. The van der Waals surface area contributed by atoms with Crippen LogP contribution < -0.4 is 15.9 Å². The predicted molar refractivity (Wildman–Crippen MR) is 82.9 cm³/mol. The minimum atomic E-state index is -0.706. The maximum absolute atomic E-state index is 10.5. The molecule has 0 heterocycles. The maximum atomic E-state index is 10.5. The van der Waals surface area contributed by atoms with Gasteiger partial charge in [-0.2, -0.15) is 5.10 Å². The lowest BCUT2D eigenvalue weighted by atomic mass is 10.2. The first-order valence-electron chi connectivity index (χ1n) is 5.14. The van der Waals surface area contributed by atoms with E-state index in [1.165, 1.54) is 6.21 Å². The van der Waals surface area contributed by atoms with E-state index in [9.17, 15) is 4.79 Å². The van der Waals surface area contributed by atoms with Gasteiger partial charge in [0.2, 0.25) is 0 Å². The van der Waals surface area contributed by atoms with Gasteiger partial charge in [-0.3, -0.25) is 0 Å². The number of ether oxygens (including phenoxy) is 1. The molecule has 0 atom stereocenters. The highest BCUT2D eigenvalue weighted by Gasteiger charge is 2.10. The minimum absolute atomic E-state index is 0.0518. The summed E-state index contributed by atoms with van der Waals surface area (Å²) in [5, 5.41) is 3.74. The number of hydrogen-bond donors (Lipinski definition) is 2. The van der Waals surface area contributed by atoms with Crippen molar-refractivity contribution < 1.29 is 9.53 Å². The molecule has 0 unspecified atom stereocenters. The van der Waals surface area contributed by atoms with Crippen molar-refractivity contribution in [1.82, 2.24) is 5.43 Å². The number of carbonyl (C=O) groups excluding carboxylic acids is 1. The lowest BCUT2D eigenvalue weighted by molar-refractivity contribution is 0.240. The Morgan fingerprint density at radius 3 is 2.83 bits per heavy atom. The summed E-state index contributed by atoms with van der Waals surface area (Å²) in [5.74, 6) is 0.726. The average Bonchev–Trinajstić information content (AvgIpc) is 2.22. The minimum Gasteiger partial charge on any atom is -0.489 e. The van der Waals surface area contributed by atoms with Gasteiger partial charge >= 0.3 is 6.03 Å². The third kappa shape index (κ3) is 4.81. The molecule has 0 aliphatic rings. The van der Waals surface area contributed by atoms with Gasteiger partial charge in [-0.1, -0.05) is 15.9 Å². The second-order valence-electron chi connectivity index (χ2n) is 3.71. The van der Waals surface area contributed by atoms with Gasteiger partial charge in [0, 0.05) is 10.0 Å². The van der Waals surface area contributed by atoms with Gasteiger partial charge in [0.1, 0.15) is 5.75 Å². The Morgan fingerprint density at radius 1 is 1.61 bits per heavy atom. The first-order valence-corrected chi connectivity index (χ1v) is 7.01. The summed E-state index contributed by atoms with van der Waals surface area (Å²) in [6.45, 7) is 3.89. The molecule has 18 heavy (non-hydrogen) atoms. The van der Waals surface area contributed by atoms with Crippen LogP contribution in [0.2, 0.25) is 0 Å². The number of rotatable bonds is 4. The smallest absolute Gasteiger partial charge is 0.332 e. The van der Waals surface area contributed by atoms with E-state index in [-0.39, 0.29) is 6.10 Å². The van der Waals surface area contributed by atoms with Crippen LogP contribution in [-0.4, -0.2) is 18.3 Å². The van der Waals surface area contributed by atoms with E-state index in [2.05, 4.69) is 49.0 Å². The quantitative estimate of drug-likeness (QED) is 0.442. The summed E-state index contributed by atoms with van der Waals surface area (Å²) in [4.78, 5) is 10.5. The summed E-state index contributed by atoms with van der Waals surface area (Å²) in [5.41, 5.74) is 7.84. The van der Waals surface area contributed by atoms with Crippen molar-refractivity contribution in [1.29, 1.82) is 0 Å². The van der Waals surface area contributed by atoms with Crippen LogP contribution in [0, 0.1) is 3.57 Å². The van der Waals surface area contributed by atoms with Crippen molar-refractivity contribution in [2.45, 2.75) is 20.0 Å². The van der Waals surface area contributed by atoms with Crippen LogP contribution in [0.25, 0.3) is 0 Å². The van der Waals surface area contributed by atoms with Crippen molar-refractivity contribution in [3.05, 3.63) is 25.7 Å². The molecule has 3 N–H and O–H groups in total. The van der Waals surface area contributed by atoms with Crippen molar-refractivity contribution >= 4 is 50.8 Å². The van der Waals surface area contributed by atoms with Crippen molar-refractivity contribution in [2.75, 3.05) is 0 Å². The molecule has 0 aliphatic carbocycles. The number of primary amides is 1. The Bertz CT molecular complexity index is 478. The van der Waals surface area contributed by atoms with Gasteiger partial charge in [-0.15, -0.1) is 0 Å². The van der Waals surface area contributed by atoms with E-state index in [0.29, 0.717) is 0 Å². The molecule has 0 aliphatic heterocycles. The summed E-state index contributed by atoms with van der Waals surface area (Å²) < 4.78 is 7.59. The normalized spacial score (nSPS) is 10.9. The van der Waals surface area contributed by atoms with Gasteiger partial charge in [-0.25, -0.2) is 10.2 Å². The molecule has 2 amide bonds. The lowest BCUT2D eigenvalue weighted by Crippen LogP contribution is -2.24. The monoisotopic (exact) mass is 425 g/mol. The Morgan fingerprint density at radius 2 is 2.28 bits per heavy atom. The molecule has 0 spiro atoms. The average molecular weight is 426 g/mol. The van der Waals surface area contributed by atoms with Crippen LogP contribution in [0.4, 0.5) is 4.79 Å². The second kappa shape index (κ2) is 6.93. The van der Waals surface area contributed by atoms with Gasteiger partial charge < -0.3 is 10.5 Å². The molecule has 1 aromatic carbocycles. The molecule has 1 aromatic rings. The Labute approximate surface area is 127 Å². The fourth-order valence-electron chi connectivity index (χ4n) is 1.20. The molecular weight excluding hydrogens is 413 g/mol. The molecule has 0 saturated carbocycles. The number of carbonyl (C=O) groups is 1. The molecular formula is C11H13BrIN3O2. The van der Waals surface area contributed by atoms with Crippen LogP contribution in [0.1, 0.15) is 19.4 Å². The highest BCUT2D eigenvalue weighted by atomic mass is 127. The number of nitrogens with two attached hydrogens (primary N) is 1. The molecule has 98 valence electrons. The number of hydrogen-bond acceptors (Lipinski definition) is 3. The van der Waals surface area contributed by atoms with Gasteiger partial charge in [-0.05, 0) is 48.6 Å². The molecule has 1 rings (SSSR count). The zero-order valence-corrected chi connectivity index (χ0v) is 13.6. The van der Waals surface area contributed by atoms with Crippen LogP contribution >= 0.6 is 38.5 Å². The van der Waals surface area contributed by atoms with Crippen LogP contribution in [-0.2, 0) is 0 Å². The van der Waals surface area contributed by atoms with E-state index in [1.807, 2.05) is 26.0 Å². The third-order valence-corrected chi connectivity index (χ3v) is 3.03. The number of benzene rings is 1. The Hall–Kier alpha value is -0.830. The summed E-state index contributed by atoms with van der Waals surface area (Å²) in [6.07, 6.45) is 1.55. The Balaban J connectivity index is 3.06. The van der Waals surface area contributed by atoms with Gasteiger partial charge in [0.05, 0.1) is 15.9 Å². The SMILES string of the molecule is CC(C)Oc1c(I)cc(Br)cc1C=NNC(N)=O. The zero-order valence-electron chi connectivity index (χ0n) is 9.91. The van der Waals surface area contributed by atoms with E-state index in [4.69, 9.17) is 10.5 Å². The molecule has 0 fully saturated rings. The van der Waals surface area contributed by atoms with Crippen molar-refractivity contribution in [2.24, 2.45) is 10.8 Å². The van der Waals surface area contributed by atoms with E-state index in [0.717, 1.165) is 19.4 Å². The first kappa shape index (κ1) is 15.2. The van der Waals surface area contributed by atoms with Crippen molar-refractivity contribution in [3.63, 3.8) is 0 Å². The highest BCUT2D eigenvalue weighted by molar-refractivity contribution is 14.1. The van der Waals surface area contributed by atoms with Crippen LogP contribution in [0.3, 0.4) is 0 Å². The predicted octanol–water partition coefficient (Wildman–Crippen LogP) is 2.84. The van der Waals surface area contributed by atoms with E-state index >= 15 is 0 Å². The number of hydrazone groups is 1. The second-order valence-corrected chi connectivity index (χ2v) is 5.78. The summed E-state index contributed by atoms with van der Waals surface area (Å²) in [6, 6.07) is 3.09. The third-order valence-electron chi connectivity index (χ3n) is 1.77. The largest absolute Gasteiger partial charge is 0.489 e. The molecule has 5 nitrogen and oxygen atoms in total. The molecule has 0 bridgehead atoms. The number of nitrogens with one attached hydrogen (secondary N) is 1. The fraction of sp³-hybridized carbons (Fsp3) is 0.273. The summed E-state index contributed by atoms with van der Waals surface area (Å²) in [7, 11) is 0. The van der Waals surface area contributed by atoms with Crippen LogP contribution in [0.5, 0.6) is 5.75 Å². The molecule has 7 heteroatoms. The zero-order chi connectivity index (χ0) is 13.7. The number of halogens is 2. The standard InChI is InChI=1S/C11H13BrIN3O2/c1-6(2)18-10-7(5-15-16-11(14)17)3-8(12)4-9(10)13/h3-6H,1-2H3,(H3,14,16,17). The van der Waals surface area contributed by atoms with Gasteiger partial charge in [0.25, 0.3) is 0 Å². The summed E-state index contributed by atoms with van der Waals surface area (Å²) >= 11 is 5.58. The Kier molecular flexibility index (Phi) is 5.86. The molecule has 0 radical (unpaired) electrons. The number of urea groups is 1. The van der Waals surface area contributed by atoms with Crippen LogP contribution in [0.15, 0.2) is 21.7 Å². The maximum Gasteiger partial charge on any atom is 0.332 e. The first-order chi connectivity index (χ1) is 8.40. The van der Waals surface area contributed by atoms with Crippen molar-refractivity contribution in [3.8, 4) is 5.75 Å². The lowest BCUT2D eigenvalue weighted by Gasteiger charge is -2.14. The topological polar surface area (TPSA) is 76.7 Å². The van der Waals surface area contributed by atoms with E-state index < -0.39 is 6.03 Å². The van der Waals surface area contributed by atoms with Gasteiger partial charge in [0.15, 0.2) is 0 Å². The van der Waals surface area contributed by atoms with E-state index in [1.54, 1.807) is 0 Å².